The molecule has 10 aliphatic rings. The van der Waals surface area contributed by atoms with E-state index < -0.39 is 17.2 Å². The average Bonchev–Trinajstić information content (AvgIpc) is 1.39. The van der Waals surface area contributed by atoms with Crippen LogP contribution in [-0.2, 0) is 14.4 Å². The number of nitrogens with one attached hydrogen (secondary N) is 1. The lowest BCUT2D eigenvalue weighted by molar-refractivity contribution is -0.132. The van der Waals surface area contributed by atoms with Crippen LogP contribution in [0.1, 0.15) is 138 Å². The number of fused-ring (bicyclic) bond motifs is 10. The number of carboxylic acid groups (broad SMARTS) is 1. The monoisotopic (exact) mass is 1250 g/mol. The topological polar surface area (TPSA) is 155 Å². The molecule has 0 aromatic heterocycles. The molecule has 0 radical (unpaired) electrons. The van der Waals surface area contributed by atoms with Crippen LogP contribution < -0.4 is 24.8 Å². The van der Waals surface area contributed by atoms with Crippen LogP contribution in [0.4, 0.5) is 22.7 Å². The summed E-state index contributed by atoms with van der Waals surface area (Å²) in [6, 6.07) is 29.2. The number of hydrogen-bond donors (Lipinski definition) is 4. The van der Waals surface area contributed by atoms with E-state index in [1.165, 1.54) is 39.0 Å². The van der Waals surface area contributed by atoms with Gasteiger partial charge in [-0.15, -0.1) is 11.8 Å². The van der Waals surface area contributed by atoms with E-state index in [0.29, 0.717) is 71.6 Å². The standard InChI is InChI=1S/C52H52N4O5S.C27H31NO2/c1-7-23-52(60)24-22-38-39-17-10-31-25-36(57)16-21-37(31)48(39)43(29-45(38)52)30-8-12-33(13-9-30)56(6)51(62)53-32-11-18-40(44(26-32)50(58)59)49-41-19-14-34(54(2)3)27-46(41)61-47-28-35(55(4)5)15-20-42(47)49;1-3-13-27(30)14-12-22-23-10-6-18-15-20(29)9-11-21(18)26(23)24(16-25(22)27)17-4-7-19(28-2)8-5-17/h8-9,11-15,18-20,25-28,38-39,43,45,60H,10,16-17,21-22,24,29H2,1-6H3,(H,58,59);4-5,7-8,15,22-25,28,30H,6,9-12,14,16H2,1-2H3. The summed E-state index contributed by atoms with van der Waals surface area (Å²) in [4.78, 5) is 48.3. The molecule has 13 heteroatoms. The molecule has 4 aromatic carbocycles. The number of ether oxygens (including phenoxy) is 1. The molecule has 4 saturated carbocycles. The lowest BCUT2D eigenvalue weighted by atomic mass is 9.57. The van der Waals surface area contributed by atoms with Crippen LogP contribution in [-0.4, -0.2) is 97.2 Å². The quantitative estimate of drug-likeness (QED) is 0.0905. The van der Waals surface area contributed by atoms with Crippen molar-refractivity contribution in [1.29, 1.82) is 0 Å². The van der Waals surface area contributed by atoms with Crippen molar-refractivity contribution in [1.82, 2.24) is 0 Å². The highest BCUT2D eigenvalue weighted by Gasteiger charge is 2.57. The summed E-state index contributed by atoms with van der Waals surface area (Å²) >= 11 is 5.89. The third-order valence-corrected chi connectivity index (χ3v) is 22.4. The fourth-order valence-electron chi connectivity index (χ4n) is 17.8. The zero-order valence-electron chi connectivity index (χ0n) is 54.2. The molecule has 10 unspecified atom stereocenters. The molecule has 0 saturated heterocycles. The number of allylic oxidation sites excluding steroid dienone is 11. The highest BCUT2D eigenvalue weighted by molar-refractivity contribution is 7.80. The number of rotatable bonds is 7. The number of aliphatic imine (C=N–C) groups is 1. The molecule has 92 heavy (non-hydrogen) atoms. The first kappa shape index (κ1) is 62.5. The van der Waals surface area contributed by atoms with E-state index in [4.69, 9.17) is 21.9 Å². The van der Waals surface area contributed by atoms with Gasteiger partial charge in [0.2, 0.25) is 0 Å². The number of nitrogens with zero attached hydrogens (tertiary/aromatic N) is 4. The smallest absolute Gasteiger partial charge is 0.336 e. The van der Waals surface area contributed by atoms with Gasteiger partial charge in [0.25, 0.3) is 0 Å². The molecular weight excluding hydrogens is 1160 g/mol. The minimum atomic E-state index is -1.07. The number of benzene rings is 4. The van der Waals surface area contributed by atoms with Crippen LogP contribution in [0.15, 0.2) is 165 Å². The fraction of sp³-hybridized carbons (Fsp3) is 0.405. The minimum absolute atomic E-state index is 0.0852. The van der Waals surface area contributed by atoms with Crippen LogP contribution in [0, 0.1) is 59.2 Å². The van der Waals surface area contributed by atoms with Crippen molar-refractivity contribution >= 4 is 68.9 Å². The van der Waals surface area contributed by atoms with Gasteiger partial charge < -0.3 is 40.1 Å². The third kappa shape index (κ3) is 11.3. The maximum Gasteiger partial charge on any atom is 0.336 e. The summed E-state index contributed by atoms with van der Waals surface area (Å²) in [7, 11) is 11.7. The lowest BCUT2D eigenvalue weighted by Crippen LogP contribution is -2.42. The molecule has 0 amide bonds. The summed E-state index contributed by atoms with van der Waals surface area (Å²) in [5.74, 6) is 15.6. The molecular formula is C79H83N5O7S. The largest absolute Gasteiger partial charge is 0.478 e. The number of hydrogen-bond acceptors (Lipinski definition) is 10. The second-order valence-electron chi connectivity index (χ2n) is 27.3. The van der Waals surface area contributed by atoms with Gasteiger partial charge in [0.1, 0.15) is 22.7 Å². The van der Waals surface area contributed by atoms with E-state index in [9.17, 15) is 29.7 Å². The zero-order valence-corrected chi connectivity index (χ0v) is 55.0. The predicted octanol–water partition coefficient (Wildman–Crippen LogP) is 14.4. The molecule has 12 nitrogen and oxygen atoms in total. The Hall–Kier alpha value is -8.33. The Morgan fingerprint density at radius 3 is 1.57 bits per heavy atom. The predicted molar refractivity (Wildman–Crippen MR) is 371 cm³/mol. The number of carboxylic acids is 1. The molecule has 1 aliphatic heterocycles. The number of anilines is 4. The lowest BCUT2D eigenvalue weighted by Gasteiger charge is -2.48. The SMILES string of the molecule is CC#CC1(O)CCC2C3CCC4=CC(=O)CCC4=C3C(c3ccc(N(C)C(=S)N=C4C=CC(=C5c6ccc(N(C)C)cc6Oc6cc(N(C)C)ccc65)C(C(=O)O)=C4)cc3)CC21.CC#CC1(O)CCC2C3CCC4=CC(=O)CCC4=C3C(c3ccc(NC)cc3)CC21. The Morgan fingerprint density at radius 2 is 1.11 bits per heavy atom. The highest BCUT2D eigenvalue weighted by Crippen LogP contribution is 2.63. The van der Waals surface area contributed by atoms with Crippen molar-refractivity contribution < 1.29 is 34.4 Å². The molecule has 4 aromatic rings. The van der Waals surface area contributed by atoms with Crippen LogP contribution in [0.5, 0.6) is 11.5 Å². The Balaban J connectivity index is 0.000000214. The van der Waals surface area contributed by atoms with Crippen molar-refractivity contribution in [2.75, 3.05) is 62.3 Å². The van der Waals surface area contributed by atoms with Crippen molar-refractivity contribution in [2.45, 2.75) is 127 Å². The van der Waals surface area contributed by atoms with Gasteiger partial charge in [0, 0.05) is 130 Å². The van der Waals surface area contributed by atoms with Gasteiger partial charge >= 0.3 is 5.97 Å². The van der Waals surface area contributed by atoms with Gasteiger partial charge in [-0.3, -0.25) is 9.59 Å². The first-order valence-corrected chi connectivity index (χ1v) is 33.4. The molecule has 0 spiro atoms. The summed E-state index contributed by atoms with van der Waals surface area (Å²) in [6.07, 6.45) is 21.2. The van der Waals surface area contributed by atoms with Gasteiger partial charge in [-0.05, 0) is 239 Å². The zero-order chi connectivity index (χ0) is 64.5. The Labute approximate surface area is 547 Å². The second-order valence-corrected chi connectivity index (χ2v) is 27.7. The van der Waals surface area contributed by atoms with E-state index in [2.05, 4.69) is 77.5 Å². The van der Waals surface area contributed by atoms with Crippen molar-refractivity contribution in [3.05, 3.63) is 182 Å². The molecule has 0 bridgehead atoms. The van der Waals surface area contributed by atoms with Crippen molar-refractivity contribution in [2.24, 2.45) is 40.5 Å². The molecule has 472 valence electrons. The highest BCUT2D eigenvalue weighted by atomic mass is 32.1. The number of carbonyl (C=O) groups excluding carboxylic acids is 2. The molecule has 4 fully saturated rings. The number of carbonyl (C=O) groups is 3. The van der Waals surface area contributed by atoms with E-state index in [0.717, 1.165) is 110 Å². The molecule has 14 rings (SSSR count). The number of thiocarbonyl (C=S) groups is 1. The van der Waals surface area contributed by atoms with Gasteiger partial charge in [-0.25, -0.2) is 9.79 Å². The third-order valence-electron chi connectivity index (χ3n) is 22.1. The molecule has 4 N–H and O–H groups in total. The van der Waals surface area contributed by atoms with Crippen molar-refractivity contribution in [3.63, 3.8) is 0 Å². The summed E-state index contributed by atoms with van der Waals surface area (Å²) in [5.41, 5.74) is 16.4. The number of ketones is 2. The maximum atomic E-state index is 13.1. The van der Waals surface area contributed by atoms with E-state index >= 15 is 0 Å². The summed E-state index contributed by atoms with van der Waals surface area (Å²) in [6.45, 7) is 3.65. The maximum absolute atomic E-state index is 13.1. The Morgan fingerprint density at radius 1 is 0.630 bits per heavy atom. The Bertz CT molecular complexity index is 4090. The van der Waals surface area contributed by atoms with Crippen LogP contribution in [0.25, 0.3) is 5.57 Å². The first-order valence-electron chi connectivity index (χ1n) is 33.0. The number of aliphatic carboxylic acids is 1. The molecule has 9 aliphatic carbocycles. The molecule has 1 heterocycles. The van der Waals surface area contributed by atoms with Gasteiger partial charge in [-0.1, -0.05) is 53.3 Å². The molecule has 10 atom stereocenters. The van der Waals surface area contributed by atoms with Crippen LogP contribution >= 0.6 is 12.2 Å². The van der Waals surface area contributed by atoms with Gasteiger partial charge in [0.15, 0.2) is 16.7 Å². The minimum Gasteiger partial charge on any atom is -0.478 e. The van der Waals surface area contributed by atoms with E-state index in [-0.39, 0.29) is 40.0 Å². The van der Waals surface area contributed by atoms with Crippen molar-refractivity contribution in [3.8, 4) is 35.2 Å². The van der Waals surface area contributed by atoms with Gasteiger partial charge in [-0.2, -0.15) is 0 Å². The van der Waals surface area contributed by atoms with Crippen LogP contribution in [0.2, 0.25) is 0 Å². The normalized spacial score (nSPS) is 28.4. The van der Waals surface area contributed by atoms with Crippen LogP contribution in [0.3, 0.4) is 0 Å². The first-order chi connectivity index (χ1) is 44.3. The Kier molecular flexibility index (Phi) is 16.9. The fourth-order valence-corrected chi connectivity index (χ4v) is 18.0. The summed E-state index contributed by atoms with van der Waals surface area (Å²) in [5, 5.41) is 37.5. The second kappa shape index (κ2) is 24.9. The van der Waals surface area contributed by atoms with E-state index in [1.54, 1.807) is 11.6 Å². The summed E-state index contributed by atoms with van der Waals surface area (Å²) < 4.78 is 6.49. The van der Waals surface area contributed by atoms with Gasteiger partial charge in [0.05, 0.1) is 11.3 Å². The van der Waals surface area contributed by atoms with E-state index in [1.807, 2.05) is 132 Å². The average molecular weight is 1250 g/mol. The number of aliphatic hydroxyl groups is 2.